The summed E-state index contributed by atoms with van der Waals surface area (Å²) >= 11 is 5.84. The minimum absolute atomic E-state index is 0.276. The summed E-state index contributed by atoms with van der Waals surface area (Å²) in [6, 6.07) is 14.2. The summed E-state index contributed by atoms with van der Waals surface area (Å²) in [5.74, 6) is 0.480. The molecule has 108 valence electrons. The highest BCUT2D eigenvalue weighted by atomic mass is 35.5. The molecule has 0 saturated carbocycles. The van der Waals surface area contributed by atoms with Crippen LogP contribution in [0.4, 0.5) is 0 Å². The highest BCUT2D eigenvalue weighted by Gasteiger charge is 2.22. The van der Waals surface area contributed by atoms with Gasteiger partial charge in [-0.1, -0.05) is 40.3 Å². The van der Waals surface area contributed by atoms with E-state index in [-0.39, 0.29) is 4.90 Å². The van der Waals surface area contributed by atoms with Crippen molar-refractivity contribution < 1.29 is 8.76 Å². The van der Waals surface area contributed by atoms with Crippen molar-refractivity contribution in [1.29, 1.82) is 0 Å². The number of rotatable bonds is 2. The van der Waals surface area contributed by atoms with E-state index < -0.39 is 10.0 Å². The molecule has 1 unspecified atom stereocenters. The Balaban J connectivity index is 1.94. The van der Waals surface area contributed by atoms with Crippen molar-refractivity contribution in [3.05, 3.63) is 64.7 Å². The average Bonchev–Trinajstić information content (AvgIpc) is 2.48. The minimum atomic E-state index is -3.40. The summed E-state index contributed by atoms with van der Waals surface area (Å²) in [7, 11) is -3.40. The van der Waals surface area contributed by atoms with Crippen molar-refractivity contribution in [2.45, 2.75) is 11.4 Å². The van der Waals surface area contributed by atoms with E-state index >= 15 is 0 Å². The van der Waals surface area contributed by atoms with E-state index in [1.54, 1.807) is 36.4 Å². The van der Waals surface area contributed by atoms with Crippen LogP contribution in [0.15, 0.2) is 62.9 Å². The lowest BCUT2D eigenvalue weighted by Gasteiger charge is -2.17. The average molecular weight is 322 g/mol. The molecule has 0 aromatic heterocycles. The van der Waals surface area contributed by atoms with Crippen molar-refractivity contribution >= 4 is 27.4 Å². The highest BCUT2D eigenvalue weighted by Crippen LogP contribution is 2.21. The Morgan fingerprint density at radius 3 is 2.67 bits per heavy atom. The van der Waals surface area contributed by atoms with E-state index in [4.69, 9.17) is 11.6 Å². The Labute approximate surface area is 127 Å². The predicted molar refractivity (Wildman–Crippen MR) is 82.7 cm³/mol. The Bertz CT molecular complexity index is 824. The number of hydrogen-bond acceptors (Lipinski definition) is 3. The van der Waals surface area contributed by atoms with Crippen molar-refractivity contribution in [2.75, 3.05) is 0 Å². The summed E-state index contributed by atoms with van der Waals surface area (Å²) < 4.78 is 25.3. The van der Waals surface area contributed by atoms with E-state index in [1.807, 2.05) is 12.1 Å². The fourth-order valence-electron chi connectivity index (χ4n) is 1.99. The fraction of sp³-hybridized carbons (Fsp3) is 0.0714. The first kappa shape index (κ1) is 14.1. The first-order valence-corrected chi connectivity index (χ1v) is 8.04. The van der Waals surface area contributed by atoms with Gasteiger partial charge in [0.1, 0.15) is 0 Å². The van der Waals surface area contributed by atoms with Gasteiger partial charge in [0, 0.05) is 10.6 Å². The zero-order chi connectivity index (χ0) is 14.9. The van der Waals surface area contributed by atoms with Crippen molar-refractivity contribution in [3.63, 3.8) is 0 Å². The van der Waals surface area contributed by atoms with Crippen LogP contribution in [0.3, 0.4) is 0 Å². The zero-order valence-corrected chi connectivity index (χ0v) is 12.4. The van der Waals surface area contributed by atoms with Gasteiger partial charge in [-0.3, -0.25) is 15.0 Å². The van der Waals surface area contributed by atoms with E-state index in [0.29, 0.717) is 23.0 Å². The second-order valence-corrected chi connectivity index (χ2v) is 6.54. The number of halogens is 1. The number of fused-ring (bicyclic) bond motifs is 1. The molecule has 0 amide bonds. The molecule has 1 aliphatic rings. The molecule has 21 heavy (non-hydrogen) atoms. The molecule has 1 heterocycles. The maximum atomic E-state index is 11.9. The molecule has 2 aromatic rings. The topological polar surface area (TPSA) is 74.0 Å². The van der Waals surface area contributed by atoms with Gasteiger partial charge in [0.15, 0.2) is 5.84 Å². The Morgan fingerprint density at radius 2 is 1.90 bits per heavy atom. The summed E-state index contributed by atoms with van der Waals surface area (Å²) in [5, 5.41) is 0.669. The van der Waals surface area contributed by atoms with Gasteiger partial charge in [0.2, 0.25) is 10.0 Å². The fourth-order valence-corrected chi connectivity index (χ4v) is 3.13. The quantitative estimate of drug-likeness (QED) is 0.892. The van der Waals surface area contributed by atoms with Crippen molar-refractivity contribution in [3.8, 4) is 0 Å². The molecule has 0 aliphatic carbocycles. The van der Waals surface area contributed by atoms with Crippen LogP contribution in [0.5, 0.6) is 0 Å². The largest absolute Gasteiger partial charge is 0.295 e. The molecule has 0 spiro atoms. The van der Waals surface area contributed by atoms with Crippen LogP contribution < -0.4 is 5.43 Å². The molecule has 1 atom stereocenters. The van der Waals surface area contributed by atoms with Crippen molar-refractivity contribution in [1.82, 2.24) is 5.43 Å². The van der Waals surface area contributed by atoms with Gasteiger partial charge in [-0.25, -0.2) is 4.21 Å². The van der Waals surface area contributed by atoms with Gasteiger partial charge in [-0.2, -0.15) is 0 Å². The lowest BCUT2D eigenvalue weighted by molar-refractivity contribution is 0.545. The number of benzene rings is 2. The van der Waals surface area contributed by atoms with Gasteiger partial charge >= 0.3 is 0 Å². The lowest BCUT2D eigenvalue weighted by Crippen LogP contribution is -2.28. The number of nitrogens with zero attached hydrogens (tertiary/aromatic N) is 2. The number of aliphatic imine (C=N–C) groups is 1. The maximum Gasteiger partial charge on any atom is 0.212 e. The van der Waals surface area contributed by atoms with Gasteiger partial charge in [-0.05, 0) is 29.8 Å². The first-order valence-electron chi connectivity index (χ1n) is 6.19. The van der Waals surface area contributed by atoms with Gasteiger partial charge in [0.05, 0.1) is 11.4 Å². The minimum Gasteiger partial charge on any atom is -0.295 e. The molecule has 0 fully saturated rings. The third kappa shape index (κ3) is 2.92. The molecule has 1 aliphatic heterocycles. The SMILES string of the molecule is O=S1(O)=NNC(=NCc2ccc(Cl)cc2)c2ccccc21. The molecule has 3 rings (SSSR count). The monoisotopic (exact) mass is 321 g/mol. The Kier molecular flexibility index (Phi) is 3.67. The number of nitrogens with one attached hydrogen (secondary N) is 1. The molecule has 7 heteroatoms. The molecule has 5 nitrogen and oxygen atoms in total. The van der Waals surface area contributed by atoms with Crippen molar-refractivity contribution in [2.24, 2.45) is 9.46 Å². The third-order valence-corrected chi connectivity index (χ3v) is 4.56. The van der Waals surface area contributed by atoms with Gasteiger partial charge in [0.25, 0.3) is 0 Å². The summed E-state index contributed by atoms with van der Waals surface area (Å²) in [4.78, 5) is 4.70. The van der Waals surface area contributed by atoms with Crippen LogP contribution in [-0.2, 0) is 16.6 Å². The molecule has 0 saturated heterocycles. The smallest absolute Gasteiger partial charge is 0.212 e. The van der Waals surface area contributed by atoms with E-state index in [0.717, 1.165) is 5.56 Å². The molecule has 0 bridgehead atoms. The van der Waals surface area contributed by atoms with E-state index in [1.165, 1.54) is 0 Å². The maximum absolute atomic E-state index is 11.9. The molecule has 2 aromatic carbocycles. The van der Waals surface area contributed by atoms with Gasteiger partial charge < -0.3 is 0 Å². The normalized spacial score (nSPS) is 22.3. The highest BCUT2D eigenvalue weighted by molar-refractivity contribution is 7.88. The van der Waals surface area contributed by atoms with Crippen LogP contribution in [-0.4, -0.2) is 14.6 Å². The van der Waals surface area contributed by atoms with Crippen LogP contribution in [0.1, 0.15) is 11.1 Å². The number of hydrogen-bond donors (Lipinski definition) is 2. The number of amidine groups is 1. The van der Waals surface area contributed by atoms with E-state index in [9.17, 15) is 8.76 Å². The summed E-state index contributed by atoms with van der Waals surface area (Å²) in [5.41, 5.74) is 4.15. The van der Waals surface area contributed by atoms with Crippen LogP contribution in [0.2, 0.25) is 5.02 Å². The van der Waals surface area contributed by atoms with Crippen LogP contribution in [0.25, 0.3) is 0 Å². The van der Waals surface area contributed by atoms with Crippen LogP contribution in [0, 0.1) is 0 Å². The summed E-state index contributed by atoms with van der Waals surface area (Å²) in [6.07, 6.45) is 0. The zero-order valence-electron chi connectivity index (χ0n) is 10.9. The lowest BCUT2D eigenvalue weighted by atomic mass is 10.2. The molecule has 0 radical (unpaired) electrons. The molecular weight excluding hydrogens is 310 g/mol. The summed E-state index contributed by atoms with van der Waals surface area (Å²) in [6.45, 7) is 0.427. The Morgan fingerprint density at radius 1 is 1.19 bits per heavy atom. The first-order chi connectivity index (χ1) is 10.1. The standard InChI is InChI=1S/C14H12ClN3O2S/c15-11-7-5-10(6-8-11)9-16-14-12-3-1-2-4-13(12)21(19,20)18-17-14/h1-8H,9H2,(H,16,17)(H,18,19,20). The predicted octanol–water partition coefficient (Wildman–Crippen LogP) is 3.10. The third-order valence-electron chi connectivity index (χ3n) is 3.04. The van der Waals surface area contributed by atoms with Crippen LogP contribution >= 0.6 is 11.6 Å². The van der Waals surface area contributed by atoms with Gasteiger partial charge in [-0.15, -0.1) is 0 Å². The molecular formula is C14H12ClN3O2S. The Hall–Kier alpha value is -1.89. The van der Waals surface area contributed by atoms with E-state index in [2.05, 4.69) is 14.9 Å². The molecule has 2 N–H and O–H groups in total. The second kappa shape index (κ2) is 5.48. The second-order valence-electron chi connectivity index (χ2n) is 4.49.